The van der Waals surface area contributed by atoms with Gasteiger partial charge in [0.25, 0.3) is 0 Å². The smallest absolute Gasteiger partial charge is 0.0580 e. The van der Waals surface area contributed by atoms with E-state index in [1.165, 1.54) is 16.3 Å². The quantitative estimate of drug-likeness (QED) is 0.381. The SMILES string of the molecule is CN(C)C(C[SiH3])N(C)C. The van der Waals surface area contributed by atoms with Crippen LogP contribution in [0.3, 0.4) is 0 Å². The van der Waals surface area contributed by atoms with Gasteiger partial charge in [-0.2, -0.15) is 0 Å². The van der Waals surface area contributed by atoms with Gasteiger partial charge in [-0.15, -0.1) is 0 Å². The fourth-order valence-corrected chi connectivity index (χ4v) is 2.65. The summed E-state index contributed by atoms with van der Waals surface area (Å²) < 4.78 is 0. The second-order valence-corrected chi connectivity index (χ2v) is 3.63. The second kappa shape index (κ2) is 4.03. The largest absolute Gasteiger partial charge is 0.294 e. The predicted octanol–water partition coefficient (Wildman–Crippen LogP) is -0.781. The minimum Gasteiger partial charge on any atom is -0.294 e. The Morgan fingerprint density at radius 1 is 1.11 bits per heavy atom. The molecule has 0 heterocycles. The van der Waals surface area contributed by atoms with E-state index in [-0.39, 0.29) is 0 Å². The molecular formula is C6H18N2Si. The molecule has 0 unspecified atom stereocenters. The summed E-state index contributed by atoms with van der Waals surface area (Å²) in [6, 6.07) is 1.32. The summed E-state index contributed by atoms with van der Waals surface area (Å²) in [5.41, 5.74) is 0. The van der Waals surface area contributed by atoms with Crippen LogP contribution in [0.2, 0.25) is 6.04 Å². The maximum absolute atomic E-state index is 2.26. The molecular weight excluding hydrogens is 128 g/mol. The summed E-state index contributed by atoms with van der Waals surface area (Å²) in [5, 5.41) is 0. The second-order valence-electron chi connectivity index (χ2n) is 2.82. The molecule has 0 aromatic rings. The van der Waals surface area contributed by atoms with Gasteiger partial charge in [0.15, 0.2) is 0 Å². The van der Waals surface area contributed by atoms with Crippen molar-refractivity contribution < 1.29 is 0 Å². The topological polar surface area (TPSA) is 6.48 Å². The third kappa shape index (κ3) is 2.98. The number of hydrogen-bond acceptors (Lipinski definition) is 2. The van der Waals surface area contributed by atoms with Crippen LogP contribution in [0.25, 0.3) is 0 Å². The first kappa shape index (κ1) is 9.14. The van der Waals surface area contributed by atoms with E-state index in [0.717, 1.165) is 0 Å². The summed E-state index contributed by atoms with van der Waals surface area (Å²) >= 11 is 0. The van der Waals surface area contributed by atoms with Gasteiger partial charge in [0.05, 0.1) is 6.17 Å². The molecule has 0 spiro atoms. The first-order valence-electron chi connectivity index (χ1n) is 3.42. The molecule has 0 saturated heterocycles. The van der Waals surface area contributed by atoms with Crippen LogP contribution in [0.4, 0.5) is 0 Å². The van der Waals surface area contributed by atoms with Gasteiger partial charge in [0.2, 0.25) is 0 Å². The van der Waals surface area contributed by atoms with Crippen molar-refractivity contribution in [2.75, 3.05) is 28.2 Å². The molecule has 0 aromatic heterocycles. The van der Waals surface area contributed by atoms with Gasteiger partial charge >= 0.3 is 0 Å². The van der Waals surface area contributed by atoms with E-state index < -0.39 is 0 Å². The highest BCUT2D eigenvalue weighted by molar-refractivity contribution is 6.08. The third-order valence-corrected chi connectivity index (χ3v) is 2.29. The molecule has 0 bridgehead atoms. The van der Waals surface area contributed by atoms with E-state index in [9.17, 15) is 0 Å². The molecule has 0 rings (SSSR count). The van der Waals surface area contributed by atoms with Gasteiger partial charge in [-0.3, -0.25) is 9.80 Å². The van der Waals surface area contributed by atoms with E-state index in [0.29, 0.717) is 6.17 Å². The van der Waals surface area contributed by atoms with Crippen LogP contribution in [-0.2, 0) is 0 Å². The molecule has 0 aliphatic rings. The van der Waals surface area contributed by atoms with Crippen molar-refractivity contribution in [2.45, 2.75) is 12.2 Å². The maximum Gasteiger partial charge on any atom is 0.0580 e. The Morgan fingerprint density at radius 3 is 1.44 bits per heavy atom. The van der Waals surface area contributed by atoms with Gasteiger partial charge in [-0.25, -0.2) is 0 Å². The zero-order valence-electron chi connectivity index (χ0n) is 7.18. The fraction of sp³-hybridized carbons (Fsp3) is 1.00. The van der Waals surface area contributed by atoms with Crippen LogP contribution in [0.15, 0.2) is 0 Å². The molecule has 0 atom stereocenters. The molecule has 0 aliphatic carbocycles. The Labute approximate surface area is 61.3 Å². The van der Waals surface area contributed by atoms with Crippen molar-refractivity contribution in [3.05, 3.63) is 0 Å². The van der Waals surface area contributed by atoms with E-state index in [1.54, 1.807) is 0 Å². The number of rotatable bonds is 3. The highest BCUT2D eigenvalue weighted by Gasteiger charge is 2.08. The molecule has 0 N–H and O–H groups in total. The zero-order chi connectivity index (χ0) is 7.44. The van der Waals surface area contributed by atoms with E-state index in [1.807, 2.05) is 0 Å². The molecule has 0 saturated carbocycles. The van der Waals surface area contributed by atoms with Crippen molar-refractivity contribution in [3.8, 4) is 0 Å². The van der Waals surface area contributed by atoms with Gasteiger partial charge in [-0.1, -0.05) is 0 Å². The van der Waals surface area contributed by atoms with Crippen molar-refractivity contribution in [3.63, 3.8) is 0 Å². The van der Waals surface area contributed by atoms with Gasteiger partial charge in [-0.05, 0) is 34.2 Å². The van der Waals surface area contributed by atoms with Crippen LogP contribution in [0, 0.1) is 0 Å². The van der Waals surface area contributed by atoms with Crippen molar-refractivity contribution in [1.82, 2.24) is 9.80 Å². The zero-order valence-corrected chi connectivity index (χ0v) is 9.18. The summed E-state index contributed by atoms with van der Waals surface area (Å²) in [6.07, 6.45) is 0.650. The lowest BCUT2D eigenvalue weighted by molar-refractivity contribution is 0.148. The molecule has 0 amide bonds. The van der Waals surface area contributed by atoms with Crippen molar-refractivity contribution >= 4 is 10.2 Å². The van der Waals surface area contributed by atoms with Gasteiger partial charge < -0.3 is 0 Å². The minimum atomic E-state index is 0.650. The van der Waals surface area contributed by atoms with Crippen LogP contribution >= 0.6 is 0 Å². The average Bonchev–Trinajstić information content (AvgIpc) is 1.64. The lowest BCUT2D eigenvalue weighted by Crippen LogP contribution is -2.39. The van der Waals surface area contributed by atoms with E-state index in [4.69, 9.17) is 0 Å². The summed E-state index contributed by atoms with van der Waals surface area (Å²) in [6.45, 7) is 0. The predicted molar refractivity (Wildman–Crippen MR) is 45.9 cm³/mol. The molecule has 0 aliphatic heterocycles. The highest BCUT2D eigenvalue weighted by Crippen LogP contribution is 1.99. The number of nitrogens with zero attached hydrogens (tertiary/aromatic N) is 2. The first-order chi connectivity index (χ1) is 4.09. The van der Waals surface area contributed by atoms with E-state index in [2.05, 4.69) is 38.0 Å². The minimum absolute atomic E-state index is 0.650. The Bertz CT molecular complexity index is 65.5. The fourth-order valence-electron chi connectivity index (χ4n) is 1.19. The molecule has 2 nitrogen and oxygen atoms in total. The normalized spacial score (nSPS) is 12.3. The lowest BCUT2D eigenvalue weighted by atomic mass is 10.5. The first-order valence-corrected chi connectivity index (χ1v) is 4.83. The third-order valence-electron chi connectivity index (χ3n) is 1.56. The molecule has 9 heavy (non-hydrogen) atoms. The molecule has 0 aromatic carbocycles. The molecule has 56 valence electrons. The lowest BCUT2D eigenvalue weighted by Gasteiger charge is -2.29. The Kier molecular flexibility index (Phi) is 4.09. The monoisotopic (exact) mass is 146 g/mol. The van der Waals surface area contributed by atoms with Crippen LogP contribution in [0.1, 0.15) is 0 Å². The Balaban J connectivity index is 3.68. The standard InChI is InChI=1S/C6H18N2Si/c1-7(2)6(5-9)8(3)4/h6H,5H2,1-4,9H3. The number of hydrogen-bond donors (Lipinski definition) is 0. The van der Waals surface area contributed by atoms with Crippen molar-refractivity contribution in [2.24, 2.45) is 0 Å². The maximum atomic E-state index is 2.26. The summed E-state index contributed by atoms with van der Waals surface area (Å²) in [5.74, 6) is 0. The summed E-state index contributed by atoms with van der Waals surface area (Å²) in [7, 11) is 9.79. The van der Waals surface area contributed by atoms with Crippen LogP contribution in [-0.4, -0.2) is 54.4 Å². The van der Waals surface area contributed by atoms with Gasteiger partial charge in [0.1, 0.15) is 0 Å². The Hall–Kier alpha value is 0.137. The molecule has 0 radical (unpaired) electrons. The van der Waals surface area contributed by atoms with E-state index >= 15 is 0 Å². The van der Waals surface area contributed by atoms with Crippen LogP contribution < -0.4 is 0 Å². The van der Waals surface area contributed by atoms with Gasteiger partial charge in [0, 0.05) is 10.2 Å². The average molecular weight is 146 g/mol. The summed E-state index contributed by atoms with van der Waals surface area (Å²) in [4.78, 5) is 4.51. The van der Waals surface area contributed by atoms with Crippen molar-refractivity contribution in [1.29, 1.82) is 0 Å². The highest BCUT2D eigenvalue weighted by atomic mass is 28.1. The molecule has 3 heteroatoms. The van der Waals surface area contributed by atoms with Crippen LogP contribution in [0.5, 0.6) is 0 Å². The molecule has 0 fully saturated rings. The Morgan fingerprint density at radius 2 is 1.44 bits per heavy atom.